The van der Waals surface area contributed by atoms with Gasteiger partial charge in [0.1, 0.15) is 17.6 Å². The van der Waals surface area contributed by atoms with Gasteiger partial charge < -0.3 is 19.5 Å². The molecule has 3 heterocycles. The lowest BCUT2D eigenvalue weighted by molar-refractivity contribution is -0.193. The molecule has 0 saturated carbocycles. The number of urea groups is 1. The van der Waals surface area contributed by atoms with Gasteiger partial charge in [0.05, 0.1) is 7.11 Å². The van der Waals surface area contributed by atoms with Crippen LogP contribution in [0.1, 0.15) is 15.9 Å². The number of carbonyl (C=O) groups excluding carboxylic acids is 3. The molecule has 3 aromatic rings. The number of nitrogens with zero attached hydrogens (tertiary/aromatic N) is 5. The third-order valence-corrected chi connectivity index (χ3v) is 6.26. The number of rotatable bonds is 5. The van der Waals surface area contributed by atoms with E-state index in [0.29, 0.717) is 47.5 Å². The van der Waals surface area contributed by atoms with Crippen LogP contribution in [0.4, 0.5) is 23.1 Å². The number of hydrogen-bond donors (Lipinski definition) is 2. The van der Waals surface area contributed by atoms with Crippen molar-refractivity contribution in [2.24, 2.45) is 0 Å². The molecule has 1 fully saturated rings. The van der Waals surface area contributed by atoms with Crippen molar-refractivity contribution in [1.82, 2.24) is 24.8 Å². The molecule has 12 nitrogen and oxygen atoms in total. The molecule has 16 heteroatoms. The Balaban J connectivity index is 1.34. The molecule has 196 valence electrons. The maximum absolute atomic E-state index is 12.7. The molecule has 1 saturated heterocycles. The number of thiazole rings is 1. The van der Waals surface area contributed by atoms with Crippen LogP contribution in [0.25, 0.3) is 10.3 Å². The molecule has 0 aliphatic carbocycles. The van der Waals surface area contributed by atoms with Crippen LogP contribution < -0.4 is 10.1 Å². The number of benzene rings is 1. The molecule has 0 radical (unpaired) electrons. The largest absolute Gasteiger partial charge is 0.507 e. The predicted octanol–water partition coefficient (Wildman–Crippen LogP) is 2.40. The van der Waals surface area contributed by atoms with Gasteiger partial charge in [-0.15, -0.1) is 0 Å². The summed E-state index contributed by atoms with van der Waals surface area (Å²) >= 11 is 1.17. The summed E-state index contributed by atoms with van der Waals surface area (Å²) in [5.41, 5.74) is 0.116. The number of methoxy groups -OCH3 is 1. The number of anilines is 1. The fraction of sp³-hybridized carbons (Fsp3) is 0.333. The number of halogens is 3. The van der Waals surface area contributed by atoms with Crippen molar-refractivity contribution in [3.8, 4) is 11.6 Å². The smallest absolute Gasteiger partial charge is 0.491 e. The third kappa shape index (κ3) is 5.86. The summed E-state index contributed by atoms with van der Waals surface area (Å²) in [5, 5.41) is 13.4. The van der Waals surface area contributed by atoms with Crippen LogP contribution in [0, 0.1) is 0 Å². The topological polar surface area (TPSA) is 147 Å². The van der Waals surface area contributed by atoms with E-state index in [-0.39, 0.29) is 18.1 Å². The molecule has 2 N–H and O–H groups in total. The molecule has 0 spiro atoms. The number of aromatic hydroxyl groups is 1. The Bertz CT molecular complexity index is 1340. The highest BCUT2D eigenvalue weighted by molar-refractivity contribution is 7.22. The van der Waals surface area contributed by atoms with Crippen molar-refractivity contribution in [1.29, 1.82) is 0 Å². The SMILES string of the molecule is COc1ncnc2sc(NC(=O)N3CCN(Cc4cccc(C(=O)OC(=O)C(F)(F)F)c4O)CC3)nc12. The Labute approximate surface area is 210 Å². The Morgan fingerprint density at radius 3 is 2.57 bits per heavy atom. The molecule has 1 aliphatic heterocycles. The maximum atomic E-state index is 12.7. The molecular formula is C21H19F3N6O6S. The average Bonchev–Trinajstić information content (AvgIpc) is 3.27. The number of phenolic OH excluding ortho intramolecular Hbond substituents is 1. The van der Waals surface area contributed by atoms with E-state index in [2.05, 4.69) is 25.0 Å². The summed E-state index contributed by atoms with van der Waals surface area (Å²) < 4.78 is 46.0. The molecule has 1 aromatic carbocycles. The number of nitrogens with one attached hydrogen (secondary N) is 1. The molecule has 1 aliphatic rings. The summed E-state index contributed by atoms with van der Waals surface area (Å²) in [5.74, 6) is -4.57. The first-order chi connectivity index (χ1) is 17.6. The quantitative estimate of drug-likeness (QED) is 0.365. The van der Waals surface area contributed by atoms with Gasteiger partial charge >= 0.3 is 24.1 Å². The Morgan fingerprint density at radius 2 is 1.89 bits per heavy atom. The third-order valence-electron chi connectivity index (χ3n) is 5.38. The zero-order valence-electron chi connectivity index (χ0n) is 19.1. The van der Waals surface area contributed by atoms with Crippen molar-refractivity contribution in [3.63, 3.8) is 0 Å². The van der Waals surface area contributed by atoms with Gasteiger partial charge in [0.15, 0.2) is 15.5 Å². The monoisotopic (exact) mass is 540 g/mol. The molecule has 0 unspecified atom stereocenters. The second kappa shape index (κ2) is 10.5. The lowest BCUT2D eigenvalue weighted by Crippen LogP contribution is -2.49. The summed E-state index contributed by atoms with van der Waals surface area (Å²) in [6, 6.07) is 3.52. The standard InChI is InChI=1S/C21H19F3N6O6S/c1-35-15-13-16(26-10-25-15)37-19(27-13)28-20(34)30-7-5-29(6-8-30)9-11-3-2-4-12(14(11)31)17(32)36-18(33)21(22,23)24/h2-4,10,31H,5-9H2,1H3,(H,27,28,34). The minimum Gasteiger partial charge on any atom is -0.507 e. The van der Waals surface area contributed by atoms with Gasteiger partial charge in [-0.3, -0.25) is 10.2 Å². The lowest BCUT2D eigenvalue weighted by Gasteiger charge is -2.34. The lowest BCUT2D eigenvalue weighted by atomic mass is 10.1. The highest BCUT2D eigenvalue weighted by Gasteiger charge is 2.43. The first kappa shape index (κ1) is 26.0. The van der Waals surface area contributed by atoms with Crippen molar-refractivity contribution in [2.75, 3.05) is 38.6 Å². The van der Waals surface area contributed by atoms with Crippen molar-refractivity contribution < 1.29 is 42.1 Å². The number of hydrogen-bond acceptors (Lipinski definition) is 11. The number of ether oxygens (including phenoxy) is 2. The molecule has 0 bridgehead atoms. The van der Waals surface area contributed by atoms with E-state index >= 15 is 0 Å². The van der Waals surface area contributed by atoms with E-state index in [9.17, 15) is 32.7 Å². The van der Waals surface area contributed by atoms with Crippen LogP contribution in [0.15, 0.2) is 24.5 Å². The van der Waals surface area contributed by atoms with Crippen LogP contribution in [0.3, 0.4) is 0 Å². The van der Waals surface area contributed by atoms with E-state index < -0.39 is 29.4 Å². The van der Waals surface area contributed by atoms with Gasteiger partial charge in [0.2, 0.25) is 5.88 Å². The van der Waals surface area contributed by atoms with Gasteiger partial charge in [-0.05, 0) is 6.07 Å². The first-order valence-electron chi connectivity index (χ1n) is 10.6. The van der Waals surface area contributed by atoms with Crippen molar-refractivity contribution >= 4 is 44.8 Å². The van der Waals surface area contributed by atoms with E-state index in [1.54, 1.807) is 4.90 Å². The van der Waals surface area contributed by atoms with E-state index in [1.807, 2.05) is 4.90 Å². The number of alkyl halides is 3. The van der Waals surface area contributed by atoms with Gasteiger partial charge in [-0.25, -0.2) is 24.4 Å². The zero-order chi connectivity index (χ0) is 26.7. The minimum atomic E-state index is -5.34. The van der Waals surface area contributed by atoms with E-state index in [4.69, 9.17) is 4.74 Å². The molecule has 37 heavy (non-hydrogen) atoms. The first-order valence-corrected chi connectivity index (χ1v) is 11.5. The second-order valence-electron chi connectivity index (χ2n) is 7.74. The minimum absolute atomic E-state index is 0.145. The van der Waals surface area contributed by atoms with Gasteiger partial charge in [0.25, 0.3) is 0 Å². The van der Waals surface area contributed by atoms with Crippen molar-refractivity contribution in [2.45, 2.75) is 12.7 Å². The molecular weight excluding hydrogens is 521 g/mol. The van der Waals surface area contributed by atoms with Gasteiger partial charge in [-0.1, -0.05) is 23.5 Å². The summed E-state index contributed by atoms with van der Waals surface area (Å²) in [7, 11) is 1.45. The fourth-order valence-electron chi connectivity index (χ4n) is 3.54. The summed E-state index contributed by atoms with van der Waals surface area (Å²) in [6.07, 6.45) is -4.01. The number of carbonyl (C=O) groups is 3. The Morgan fingerprint density at radius 1 is 1.16 bits per heavy atom. The van der Waals surface area contributed by atoms with E-state index in [0.717, 1.165) is 6.07 Å². The highest BCUT2D eigenvalue weighted by atomic mass is 32.1. The maximum Gasteiger partial charge on any atom is 0.491 e. The molecule has 2 amide bonds. The number of esters is 2. The number of para-hydroxylation sites is 1. The second-order valence-corrected chi connectivity index (χ2v) is 8.71. The van der Waals surface area contributed by atoms with Crippen LogP contribution in [0.2, 0.25) is 0 Å². The highest BCUT2D eigenvalue weighted by Crippen LogP contribution is 2.29. The van der Waals surface area contributed by atoms with Gasteiger partial charge in [-0.2, -0.15) is 18.2 Å². The fourth-order valence-corrected chi connectivity index (χ4v) is 4.33. The van der Waals surface area contributed by atoms with Crippen LogP contribution >= 0.6 is 11.3 Å². The zero-order valence-corrected chi connectivity index (χ0v) is 19.9. The Hall–Kier alpha value is -4.05. The number of amides is 2. The number of piperazine rings is 1. The Kier molecular flexibility index (Phi) is 7.40. The molecule has 0 atom stereocenters. The van der Waals surface area contributed by atoms with Crippen LogP contribution in [-0.4, -0.2) is 87.3 Å². The number of aromatic nitrogens is 3. The molecule has 4 rings (SSSR count). The summed E-state index contributed by atoms with van der Waals surface area (Å²) in [6.45, 7) is 1.64. The predicted molar refractivity (Wildman–Crippen MR) is 122 cm³/mol. The normalized spacial score (nSPS) is 14.4. The van der Waals surface area contributed by atoms with Gasteiger partial charge in [0, 0.05) is 38.3 Å². The average molecular weight is 540 g/mol. The summed E-state index contributed by atoms with van der Waals surface area (Å²) in [4.78, 5) is 52.0. The molecule has 2 aromatic heterocycles. The number of phenols is 1. The number of fused-ring (bicyclic) bond motifs is 1. The van der Waals surface area contributed by atoms with Crippen LogP contribution in [0.5, 0.6) is 11.6 Å². The van der Waals surface area contributed by atoms with Crippen molar-refractivity contribution in [3.05, 3.63) is 35.7 Å². The van der Waals surface area contributed by atoms with E-state index in [1.165, 1.54) is 36.9 Å². The van der Waals surface area contributed by atoms with Crippen LogP contribution in [-0.2, 0) is 16.1 Å².